The molecule has 0 aliphatic heterocycles. The Balaban J connectivity index is 2.10. The lowest BCUT2D eigenvalue weighted by atomic mass is 10.2. The van der Waals surface area contributed by atoms with Crippen molar-refractivity contribution in [2.75, 3.05) is 11.9 Å². The highest BCUT2D eigenvalue weighted by atomic mass is 16.5. The molecule has 0 bridgehead atoms. The normalized spacial score (nSPS) is 10.6. The number of ether oxygens (including phenoxy) is 1. The fourth-order valence-electron chi connectivity index (χ4n) is 1.58. The summed E-state index contributed by atoms with van der Waals surface area (Å²) in [7, 11) is 0. The zero-order valence-electron chi connectivity index (χ0n) is 11.8. The van der Waals surface area contributed by atoms with Gasteiger partial charge in [0.25, 0.3) is 0 Å². The van der Waals surface area contributed by atoms with E-state index in [4.69, 9.17) is 4.74 Å². The van der Waals surface area contributed by atoms with E-state index in [2.05, 4.69) is 20.5 Å². The second-order valence-corrected chi connectivity index (χ2v) is 4.61. The van der Waals surface area contributed by atoms with Crippen LogP contribution in [-0.4, -0.2) is 27.7 Å². The van der Waals surface area contributed by atoms with E-state index in [0.717, 1.165) is 11.3 Å². The Morgan fingerprint density at radius 3 is 2.65 bits per heavy atom. The number of carbonyl (C=O) groups is 1. The number of rotatable bonds is 5. The van der Waals surface area contributed by atoms with Crippen LogP contribution in [0.15, 0.2) is 24.3 Å². The van der Waals surface area contributed by atoms with Gasteiger partial charge < -0.3 is 4.74 Å². The molecule has 2 rings (SSSR count). The van der Waals surface area contributed by atoms with Crippen LogP contribution >= 0.6 is 0 Å². The van der Waals surface area contributed by atoms with Crippen LogP contribution in [0.3, 0.4) is 0 Å². The molecular formula is C14H18N4O2. The number of hydrogen-bond acceptors (Lipinski definition) is 4. The number of benzene rings is 1. The zero-order chi connectivity index (χ0) is 14.5. The molecule has 6 heteroatoms. The van der Waals surface area contributed by atoms with E-state index in [1.54, 1.807) is 0 Å². The first-order valence-electron chi connectivity index (χ1n) is 6.56. The van der Waals surface area contributed by atoms with E-state index < -0.39 is 0 Å². The highest BCUT2D eigenvalue weighted by Gasteiger charge is 2.11. The molecule has 20 heavy (non-hydrogen) atoms. The summed E-state index contributed by atoms with van der Waals surface area (Å²) in [5.41, 5.74) is 0.881. The predicted octanol–water partition coefficient (Wildman–Crippen LogP) is 2.46. The van der Waals surface area contributed by atoms with Crippen molar-refractivity contribution >= 4 is 11.9 Å². The molecule has 1 aromatic heterocycles. The highest BCUT2D eigenvalue weighted by molar-refractivity contribution is 5.90. The number of anilines is 1. The van der Waals surface area contributed by atoms with Crippen LogP contribution in [-0.2, 0) is 4.79 Å². The third kappa shape index (κ3) is 3.34. The minimum Gasteiger partial charge on any atom is -0.494 e. The lowest BCUT2D eigenvalue weighted by molar-refractivity contribution is -0.118. The molecule has 106 valence electrons. The second-order valence-electron chi connectivity index (χ2n) is 4.61. The number of nitrogens with zero attached hydrogens (tertiary/aromatic N) is 2. The first kappa shape index (κ1) is 14.0. The van der Waals surface area contributed by atoms with Crippen LogP contribution in [0.25, 0.3) is 11.4 Å². The van der Waals surface area contributed by atoms with E-state index >= 15 is 0 Å². The average Bonchev–Trinajstić information content (AvgIpc) is 2.88. The van der Waals surface area contributed by atoms with Gasteiger partial charge >= 0.3 is 0 Å². The molecule has 6 nitrogen and oxygen atoms in total. The topological polar surface area (TPSA) is 79.9 Å². The van der Waals surface area contributed by atoms with Crippen molar-refractivity contribution in [3.05, 3.63) is 24.3 Å². The third-order valence-corrected chi connectivity index (χ3v) is 2.68. The number of carbonyl (C=O) groups excluding carboxylic acids is 1. The first-order chi connectivity index (χ1) is 9.60. The number of aromatic amines is 1. The summed E-state index contributed by atoms with van der Waals surface area (Å²) in [6, 6.07) is 7.51. The quantitative estimate of drug-likeness (QED) is 0.877. The maximum Gasteiger partial charge on any atom is 0.249 e. The Morgan fingerprint density at radius 2 is 2.05 bits per heavy atom. The van der Waals surface area contributed by atoms with E-state index in [1.807, 2.05) is 45.0 Å². The minimum absolute atomic E-state index is 0.109. The van der Waals surface area contributed by atoms with Gasteiger partial charge in [0.15, 0.2) is 5.82 Å². The Labute approximate surface area is 117 Å². The maximum absolute atomic E-state index is 11.6. The van der Waals surface area contributed by atoms with Crippen molar-refractivity contribution < 1.29 is 9.53 Å². The lowest BCUT2D eigenvalue weighted by Crippen LogP contribution is -2.18. The molecule has 0 radical (unpaired) electrons. The van der Waals surface area contributed by atoms with Crippen LogP contribution in [0, 0.1) is 5.92 Å². The van der Waals surface area contributed by atoms with Crippen molar-refractivity contribution in [1.29, 1.82) is 0 Å². The third-order valence-electron chi connectivity index (χ3n) is 2.68. The van der Waals surface area contributed by atoms with Gasteiger partial charge in [0.05, 0.1) is 6.61 Å². The molecule has 0 aliphatic carbocycles. The van der Waals surface area contributed by atoms with Crippen molar-refractivity contribution in [2.24, 2.45) is 5.92 Å². The fraction of sp³-hybridized carbons (Fsp3) is 0.357. The lowest BCUT2D eigenvalue weighted by Gasteiger charge is -2.03. The van der Waals surface area contributed by atoms with Crippen LogP contribution in [0.5, 0.6) is 5.75 Å². The van der Waals surface area contributed by atoms with Gasteiger partial charge in [0.1, 0.15) is 5.75 Å². The van der Waals surface area contributed by atoms with Gasteiger partial charge in [0.2, 0.25) is 11.9 Å². The number of nitrogens with one attached hydrogen (secondary N) is 2. The van der Waals surface area contributed by atoms with Gasteiger partial charge in [-0.1, -0.05) is 13.8 Å². The van der Waals surface area contributed by atoms with Crippen molar-refractivity contribution in [2.45, 2.75) is 20.8 Å². The Bertz CT molecular complexity index is 575. The zero-order valence-corrected chi connectivity index (χ0v) is 11.8. The predicted molar refractivity (Wildman–Crippen MR) is 76.5 cm³/mol. The van der Waals surface area contributed by atoms with Crippen LogP contribution in [0.4, 0.5) is 5.95 Å². The first-order valence-corrected chi connectivity index (χ1v) is 6.56. The van der Waals surface area contributed by atoms with Gasteiger partial charge in [-0.2, -0.15) is 4.98 Å². The Hall–Kier alpha value is -2.37. The largest absolute Gasteiger partial charge is 0.494 e. The number of hydrogen-bond donors (Lipinski definition) is 2. The summed E-state index contributed by atoms with van der Waals surface area (Å²) in [6.07, 6.45) is 0. The van der Waals surface area contributed by atoms with Gasteiger partial charge in [-0.3, -0.25) is 15.2 Å². The summed E-state index contributed by atoms with van der Waals surface area (Å²) in [5.74, 6) is 1.48. The smallest absolute Gasteiger partial charge is 0.249 e. The summed E-state index contributed by atoms with van der Waals surface area (Å²) < 4.78 is 5.38. The minimum atomic E-state index is -0.109. The average molecular weight is 274 g/mol. The summed E-state index contributed by atoms with van der Waals surface area (Å²) in [4.78, 5) is 15.8. The van der Waals surface area contributed by atoms with E-state index in [-0.39, 0.29) is 17.8 Å². The number of H-pyrrole nitrogens is 1. The molecular weight excluding hydrogens is 256 g/mol. The van der Waals surface area contributed by atoms with Crippen molar-refractivity contribution in [3.8, 4) is 17.1 Å². The molecule has 1 heterocycles. The SMILES string of the molecule is CCOc1ccc(-c2nc(NC(=O)C(C)C)n[nH]2)cc1. The molecule has 0 aliphatic rings. The highest BCUT2D eigenvalue weighted by Crippen LogP contribution is 2.20. The number of aromatic nitrogens is 3. The number of amides is 1. The standard InChI is InChI=1S/C14H18N4O2/c1-4-20-11-7-5-10(6-8-11)12-15-14(18-17-12)16-13(19)9(2)3/h5-9H,4H2,1-3H3,(H2,15,16,17,18,19). The molecule has 0 spiro atoms. The summed E-state index contributed by atoms with van der Waals surface area (Å²) >= 11 is 0. The van der Waals surface area contributed by atoms with Crippen LogP contribution in [0.2, 0.25) is 0 Å². The molecule has 0 fully saturated rings. The maximum atomic E-state index is 11.6. The van der Waals surface area contributed by atoms with E-state index in [0.29, 0.717) is 12.4 Å². The summed E-state index contributed by atoms with van der Waals surface area (Å²) in [6.45, 7) is 6.20. The molecule has 0 saturated heterocycles. The van der Waals surface area contributed by atoms with Crippen molar-refractivity contribution in [1.82, 2.24) is 15.2 Å². The van der Waals surface area contributed by atoms with Crippen LogP contribution in [0.1, 0.15) is 20.8 Å². The summed E-state index contributed by atoms with van der Waals surface area (Å²) in [5, 5.41) is 9.42. The Kier molecular flexibility index (Phi) is 4.34. The molecule has 1 amide bonds. The monoisotopic (exact) mass is 274 g/mol. The van der Waals surface area contributed by atoms with Gasteiger partial charge in [-0.05, 0) is 31.2 Å². The molecule has 0 unspecified atom stereocenters. The molecule has 0 saturated carbocycles. The van der Waals surface area contributed by atoms with E-state index in [9.17, 15) is 4.79 Å². The molecule has 2 N–H and O–H groups in total. The second kappa shape index (κ2) is 6.18. The van der Waals surface area contributed by atoms with Gasteiger partial charge in [-0.15, -0.1) is 5.10 Å². The molecule has 2 aromatic rings. The van der Waals surface area contributed by atoms with Crippen LogP contribution < -0.4 is 10.1 Å². The van der Waals surface area contributed by atoms with Crippen molar-refractivity contribution in [3.63, 3.8) is 0 Å². The molecule has 1 aromatic carbocycles. The van der Waals surface area contributed by atoms with Gasteiger partial charge in [-0.25, -0.2) is 0 Å². The Morgan fingerprint density at radius 1 is 1.35 bits per heavy atom. The molecule has 0 atom stereocenters. The van der Waals surface area contributed by atoms with E-state index in [1.165, 1.54) is 0 Å². The van der Waals surface area contributed by atoms with Gasteiger partial charge in [0, 0.05) is 11.5 Å². The fourth-order valence-corrected chi connectivity index (χ4v) is 1.58.